The van der Waals surface area contributed by atoms with Gasteiger partial charge in [0.25, 0.3) is 0 Å². The summed E-state index contributed by atoms with van der Waals surface area (Å²) >= 11 is 0. The van der Waals surface area contributed by atoms with E-state index in [1.807, 2.05) is 0 Å². The van der Waals surface area contributed by atoms with Gasteiger partial charge in [0.2, 0.25) is 0 Å². The van der Waals surface area contributed by atoms with Crippen LogP contribution in [0.4, 0.5) is 0 Å². The van der Waals surface area contributed by atoms with Gasteiger partial charge in [0.05, 0.1) is 13.2 Å². The third kappa shape index (κ3) is 80.5. The van der Waals surface area contributed by atoms with Gasteiger partial charge in [-0.15, -0.1) is 0 Å². The molecule has 0 spiro atoms. The maximum absolute atomic E-state index is 10.1. The molecule has 0 unspecified atom stereocenters. The van der Waals surface area contributed by atoms with Crippen molar-refractivity contribution in [1.29, 1.82) is 0 Å². The molecule has 0 aromatic carbocycles. The molecule has 11 heteroatoms. The van der Waals surface area contributed by atoms with Crippen molar-refractivity contribution in [3.8, 4) is 0 Å². The number of carboxylic acids is 4. The van der Waals surface area contributed by atoms with Crippen LogP contribution in [0.15, 0.2) is 12.7 Å². The van der Waals surface area contributed by atoms with Crippen LogP contribution in [-0.4, -0.2) is 78.9 Å². The molecule has 0 saturated heterocycles. The molecular formula is C36H72O11. The molecule has 0 heterocycles. The molecule has 0 aromatic heterocycles. The number of aliphatic hydroxyl groups excluding tert-OH is 3. The minimum absolute atomic E-state index is 0.341. The molecule has 0 radical (unpaired) electrons. The van der Waals surface area contributed by atoms with Gasteiger partial charge in [-0.2, -0.15) is 0 Å². The lowest BCUT2D eigenvalue weighted by Crippen LogP contribution is -2.15. The fourth-order valence-corrected chi connectivity index (χ4v) is 3.76. The second kappa shape index (κ2) is 50.4. The van der Waals surface area contributed by atoms with Crippen molar-refractivity contribution in [2.75, 3.05) is 13.2 Å². The van der Waals surface area contributed by atoms with Crippen molar-refractivity contribution >= 4 is 23.9 Å². The number of aliphatic hydroxyl groups is 3. The second-order valence-corrected chi connectivity index (χ2v) is 11.4. The smallest absolute Gasteiger partial charge is 0.327 e. The Morgan fingerprint density at radius 2 is 0.660 bits per heavy atom. The van der Waals surface area contributed by atoms with E-state index in [0.29, 0.717) is 19.3 Å². The average Bonchev–Trinajstić information content (AvgIpc) is 3.04. The Morgan fingerprint density at radius 1 is 0.468 bits per heavy atom. The maximum Gasteiger partial charge on any atom is 0.327 e. The van der Waals surface area contributed by atoms with Gasteiger partial charge in [-0.3, -0.25) is 14.4 Å². The first-order valence-electron chi connectivity index (χ1n) is 17.8. The van der Waals surface area contributed by atoms with Crippen LogP contribution < -0.4 is 0 Å². The van der Waals surface area contributed by atoms with Crippen molar-refractivity contribution in [3.05, 3.63) is 12.7 Å². The predicted molar refractivity (Wildman–Crippen MR) is 189 cm³/mol. The lowest BCUT2D eigenvalue weighted by Gasteiger charge is -1.98. The maximum atomic E-state index is 10.1. The lowest BCUT2D eigenvalue weighted by molar-refractivity contribution is -0.138. The monoisotopic (exact) mass is 681 g/mol. The van der Waals surface area contributed by atoms with Gasteiger partial charge in [-0.1, -0.05) is 143 Å². The summed E-state index contributed by atoms with van der Waals surface area (Å²) in [5.41, 5.74) is 0. The SMILES string of the molecule is C=CC(=O)O.CCCCCCCCCC(=O)O.CCCCCCCCCC(=O)O.CCCCCCCCCC(=O)O.OCC(O)CO. The third-order valence-electron chi connectivity index (χ3n) is 6.58. The Hall–Kier alpha value is -2.50. The number of carboxylic acid groups (broad SMARTS) is 4. The molecule has 11 nitrogen and oxygen atoms in total. The molecule has 0 aromatic rings. The summed E-state index contributed by atoms with van der Waals surface area (Å²) in [5.74, 6) is -2.97. The molecule has 7 N–H and O–H groups in total. The standard InChI is InChI=1S/3C10H20O2.C3H8O3.C3H4O2/c3*1-2-3-4-5-6-7-8-9-10(11)12;4-1-3(6)2-5;1-2-3(4)5/h3*2-9H2,1H3,(H,11,12);3-6H,1-2H2;2H,1H2,(H,4,5). The van der Waals surface area contributed by atoms with E-state index in [0.717, 1.165) is 44.6 Å². The zero-order chi connectivity index (χ0) is 37.0. The summed E-state index contributed by atoms with van der Waals surface area (Å²) in [7, 11) is 0. The Bertz CT molecular complexity index is 599. The third-order valence-corrected chi connectivity index (χ3v) is 6.58. The Labute approximate surface area is 285 Å². The van der Waals surface area contributed by atoms with E-state index in [9.17, 15) is 19.2 Å². The number of aliphatic carboxylic acids is 4. The van der Waals surface area contributed by atoms with Crippen LogP contribution in [0.2, 0.25) is 0 Å². The van der Waals surface area contributed by atoms with Crippen molar-refractivity contribution in [2.45, 2.75) is 181 Å². The van der Waals surface area contributed by atoms with Crippen molar-refractivity contribution < 1.29 is 54.9 Å². The molecule has 0 aliphatic heterocycles. The molecule has 0 saturated carbocycles. The van der Waals surface area contributed by atoms with Crippen molar-refractivity contribution in [3.63, 3.8) is 0 Å². The van der Waals surface area contributed by atoms with Gasteiger partial charge in [0, 0.05) is 25.3 Å². The van der Waals surface area contributed by atoms with Crippen LogP contribution in [0, 0.1) is 0 Å². The highest BCUT2D eigenvalue weighted by molar-refractivity contribution is 5.78. The highest BCUT2D eigenvalue weighted by Crippen LogP contribution is 2.09. The second-order valence-electron chi connectivity index (χ2n) is 11.4. The van der Waals surface area contributed by atoms with Crippen LogP contribution in [0.5, 0.6) is 0 Å². The number of hydrogen-bond acceptors (Lipinski definition) is 7. The molecule has 0 atom stereocenters. The molecule has 0 bridgehead atoms. The van der Waals surface area contributed by atoms with Crippen LogP contribution in [0.1, 0.15) is 175 Å². The fraction of sp³-hybridized carbons (Fsp3) is 0.833. The molecule has 0 aliphatic rings. The van der Waals surface area contributed by atoms with E-state index < -0.39 is 30.0 Å². The summed E-state index contributed by atoms with van der Waals surface area (Å²) in [6, 6.07) is 0. The van der Waals surface area contributed by atoms with Gasteiger partial charge in [0.15, 0.2) is 0 Å². The summed E-state index contributed by atoms with van der Waals surface area (Å²) in [4.78, 5) is 39.7. The molecule has 47 heavy (non-hydrogen) atoms. The van der Waals surface area contributed by atoms with E-state index in [1.54, 1.807) is 0 Å². The number of carbonyl (C=O) groups is 4. The van der Waals surface area contributed by atoms with Crippen LogP contribution in [0.3, 0.4) is 0 Å². The Morgan fingerprint density at radius 3 is 0.787 bits per heavy atom. The van der Waals surface area contributed by atoms with Crippen molar-refractivity contribution in [2.24, 2.45) is 0 Å². The minimum Gasteiger partial charge on any atom is -0.481 e. The van der Waals surface area contributed by atoms with Gasteiger partial charge in [-0.25, -0.2) is 4.79 Å². The number of hydrogen-bond donors (Lipinski definition) is 7. The highest BCUT2D eigenvalue weighted by atomic mass is 16.4. The number of unbranched alkanes of at least 4 members (excludes halogenated alkanes) is 18. The minimum atomic E-state index is -0.981. The van der Waals surface area contributed by atoms with E-state index in [-0.39, 0.29) is 13.2 Å². The highest BCUT2D eigenvalue weighted by Gasteiger charge is 1.98. The van der Waals surface area contributed by atoms with Crippen LogP contribution in [0.25, 0.3) is 0 Å². The Balaban J connectivity index is -0.000000162. The average molecular weight is 681 g/mol. The van der Waals surface area contributed by atoms with Gasteiger partial charge >= 0.3 is 23.9 Å². The first kappa shape index (κ1) is 54.0. The van der Waals surface area contributed by atoms with E-state index in [4.69, 9.17) is 35.7 Å². The summed E-state index contributed by atoms with van der Waals surface area (Å²) in [6.45, 7) is 8.83. The summed E-state index contributed by atoms with van der Waals surface area (Å²) in [6.07, 6.45) is 25.8. The van der Waals surface area contributed by atoms with E-state index in [1.165, 1.54) is 96.3 Å². The van der Waals surface area contributed by atoms with Gasteiger partial charge in [-0.05, 0) is 19.3 Å². The van der Waals surface area contributed by atoms with E-state index >= 15 is 0 Å². The predicted octanol–water partition coefficient (Wildman–Crippen LogP) is 8.22. The summed E-state index contributed by atoms with van der Waals surface area (Å²) < 4.78 is 0. The first-order chi connectivity index (χ1) is 22.4. The molecule has 0 amide bonds. The zero-order valence-corrected chi connectivity index (χ0v) is 30.0. The molecule has 0 fully saturated rings. The topological polar surface area (TPSA) is 210 Å². The zero-order valence-electron chi connectivity index (χ0n) is 30.0. The lowest BCUT2D eigenvalue weighted by atomic mass is 10.1. The molecule has 282 valence electrons. The molecule has 0 aliphatic carbocycles. The van der Waals surface area contributed by atoms with Crippen LogP contribution in [-0.2, 0) is 19.2 Å². The van der Waals surface area contributed by atoms with E-state index in [2.05, 4.69) is 27.4 Å². The summed E-state index contributed by atoms with van der Waals surface area (Å²) in [5, 5.41) is 56.7. The molecule has 0 rings (SSSR count). The van der Waals surface area contributed by atoms with Crippen molar-refractivity contribution in [1.82, 2.24) is 0 Å². The van der Waals surface area contributed by atoms with Crippen LogP contribution >= 0.6 is 0 Å². The number of rotatable bonds is 27. The fourth-order valence-electron chi connectivity index (χ4n) is 3.76. The normalized spacial score (nSPS) is 9.68. The first-order valence-corrected chi connectivity index (χ1v) is 17.8. The van der Waals surface area contributed by atoms with Gasteiger partial charge in [0.1, 0.15) is 6.10 Å². The van der Waals surface area contributed by atoms with Gasteiger partial charge < -0.3 is 35.7 Å². The Kier molecular flexibility index (Phi) is 57.8. The largest absolute Gasteiger partial charge is 0.481 e. The quantitative estimate of drug-likeness (QED) is 0.0324. The molecular weight excluding hydrogens is 608 g/mol.